The lowest BCUT2D eigenvalue weighted by Gasteiger charge is -2.41. The summed E-state index contributed by atoms with van der Waals surface area (Å²) < 4.78 is 68.7. The Morgan fingerprint density at radius 2 is 1.74 bits per heavy atom. The van der Waals surface area contributed by atoms with Crippen LogP contribution in [-0.2, 0) is 16.2 Å². The van der Waals surface area contributed by atoms with E-state index in [0.29, 0.717) is 10.8 Å². The maximum atomic E-state index is 13.5. The van der Waals surface area contributed by atoms with Gasteiger partial charge in [-0.2, -0.15) is 13.2 Å². The molecule has 1 aromatic heterocycles. The third kappa shape index (κ3) is 5.13. The summed E-state index contributed by atoms with van der Waals surface area (Å²) in [6.07, 6.45) is -1.30. The first-order valence-corrected chi connectivity index (χ1v) is 14.1. The highest BCUT2D eigenvalue weighted by Gasteiger charge is 2.41. The Labute approximate surface area is 207 Å². The van der Waals surface area contributed by atoms with Crippen LogP contribution in [-0.4, -0.2) is 15.0 Å². The van der Waals surface area contributed by atoms with E-state index in [1.165, 1.54) is 17.4 Å². The molecule has 9 heteroatoms. The molecule has 2 heterocycles. The van der Waals surface area contributed by atoms with Crippen LogP contribution in [0.15, 0.2) is 70.3 Å². The van der Waals surface area contributed by atoms with E-state index in [0.717, 1.165) is 48.6 Å². The number of sulfonamides is 1. The molecular weight excluding hydrogens is 493 g/mol. The van der Waals surface area contributed by atoms with Gasteiger partial charge in [0.25, 0.3) is 0 Å². The number of nitrogens with one attached hydrogen (secondary N) is 2. The highest BCUT2D eigenvalue weighted by Crippen LogP contribution is 2.52. The van der Waals surface area contributed by atoms with Crippen molar-refractivity contribution >= 4 is 27.0 Å². The first-order chi connectivity index (χ1) is 16.7. The first kappa shape index (κ1) is 24.3. The van der Waals surface area contributed by atoms with Gasteiger partial charge in [0, 0.05) is 12.2 Å². The van der Waals surface area contributed by atoms with E-state index in [4.69, 9.17) is 0 Å². The molecule has 2 aromatic carbocycles. The van der Waals surface area contributed by atoms with Crippen LogP contribution in [0.4, 0.5) is 18.9 Å². The van der Waals surface area contributed by atoms with Crippen molar-refractivity contribution in [3.8, 4) is 0 Å². The molecule has 186 valence electrons. The molecule has 1 aliphatic carbocycles. The van der Waals surface area contributed by atoms with Crippen LogP contribution in [0.25, 0.3) is 0 Å². The standard InChI is InChI=1S/C26H27F3N2O2S2/c27-26(28,29)19-10-13-23-22(15-19)20-11-8-17(16-30-35(32,33)24-7-4-14-34-24)9-12-21(20)25(31-23)18-5-2-1-3-6-18/h1-7,10,13-15,17,20-21,25,30-31H,8-9,11-12,16H2/t17-,20+,21-,25+/m1/s1. The van der Waals surface area contributed by atoms with Crippen molar-refractivity contribution in [2.75, 3.05) is 11.9 Å². The summed E-state index contributed by atoms with van der Waals surface area (Å²) in [4.78, 5) is 0. The number of anilines is 1. The van der Waals surface area contributed by atoms with E-state index in [-0.39, 0.29) is 23.8 Å². The number of alkyl halides is 3. The lowest BCUT2D eigenvalue weighted by molar-refractivity contribution is -0.137. The molecule has 0 spiro atoms. The minimum absolute atomic E-state index is 0.00741. The van der Waals surface area contributed by atoms with E-state index in [1.54, 1.807) is 23.6 Å². The minimum Gasteiger partial charge on any atom is -0.378 e. The molecular formula is C26H27F3N2O2S2. The largest absolute Gasteiger partial charge is 0.416 e. The number of hydrogen-bond donors (Lipinski definition) is 2. The quantitative estimate of drug-likeness (QED) is 0.389. The van der Waals surface area contributed by atoms with E-state index in [2.05, 4.69) is 22.2 Å². The summed E-state index contributed by atoms with van der Waals surface area (Å²) in [7, 11) is -3.55. The zero-order valence-corrected chi connectivity index (χ0v) is 20.6. The van der Waals surface area contributed by atoms with Gasteiger partial charge in [-0.1, -0.05) is 36.4 Å². The summed E-state index contributed by atoms with van der Waals surface area (Å²) in [6, 6.07) is 17.3. The number of fused-ring (bicyclic) bond motifs is 3. The van der Waals surface area contributed by atoms with Gasteiger partial charge in [0.05, 0.1) is 11.6 Å². The smallest absolute Gasteiger partial charge is 0.378 e. The molecule has 1 aliphatic heterocycles. The third-order valence-corrected chi connectivity index (χ3v) is 10.1. The average Bonchev–Trinajstić information content (AvgIpc) is 3.31. The molecule has 0 saturated heterocycles. The molecule has 0 radical (unpaired) electrons. The van der Waals surface area contributed by atoms with Crippen molar-refractivity contribution in [2.45, 2.75) is 48.0 Å². The topological polar surface area (TPSA) is 58.2 Å². The molecule has 5 rings (SSSR count). The Hall–Kier alpha value is -2.36. The van der Waals surface area contributed by atoms with Crippen molar-refractivity contribution in [1.82, 2.24) is 4.72 Å². The van der Waals surface area contributed by atoms with Gasteiger partial charge in [-0.3, -0.25) is 0 Å². The van der Waals surface area contributed by atoms with Crippen LogP contribution in [0.2, 0.25) is 0 Å². The highest BCUT2D eigenvalue weighted by atomic mass is 32.2. The van der Waals surface area contributed by atoms with Gasteiger partial charge in [0.2, 0.25) is 10.0 Å². The number of thiophene rings is 1. The zero-order valence-electron chi connectivity index (χ0n) is 19.0. The van der Waals surface area contributed by atoms with Crippen molar-refractivity contribution in [3.63, 3.8) is 0 Å². The molecule has 1 saturated carbocycles. The van der Waals surface area contributed by atoms with E-state index < -0.39 is 21.8 Å². The highest BCUT2D eigenvalue weighted by molar-refractivity contribution is 7.91. The lowest BCUT2D eigenvalue weighted by atomic mass is 9.72. The van der Waals surface area contributed by atoms with Gasteiger partial charge in [0.15, 0.2) is 0 Å². The van der Waals surface area contributed by atoms with Crippen molar-refractivity contribution in [2.24, 2.45) is 11.8 Å². The van der Waals surface area contributed by atoms with Crippen LogP contribution in [0, 0.1) is 11.8 Å². The summed E-state index contributed by atoms with van der Waals surface area (Å²) in [5.41, 5.74) is 1.96. The molecule has 2 aliphatic rings. The maximum absolute atomic E-state index is 13.5. The van der Waals surface area contributed by atoms with Crippen LogP contribution in [0.1, 0.15) is 54.3 Å². The molecule has 0 bridgehead atoms. The van der Waals surface area contributed by atoms with Crippen molar-refractivity contribution < 1.29 is 21.6 Å². The van der Waals surface area contributed by atoms with Gasteiger partial charge < -0.3 is 5.32 Å². The minimum atomic E-state index is -4.39. The summed E-state index contributed by atoms with van der Waals surface area (Å²) in [5.74, 6) is 0.214. The van der Waals surface area contributed by atoms with Gasteiger partial charge in [-0.25, -0.2) is 13.1 Å². The molecule has 1 fully saturated rings. The monoisotopic (exact) mass is 520 g/mol. The third-order valence-electron chi connectivity index (χ3n) is 7.31. The van der Waals surface area contributed by atoms with Crippen LogP contribution in [0.3, 0.4) is 0 Å². The zero-order chi connectivity index (χ0) is 24.6. The van der Waals surface area contributed by atoms with Gasteiger partial charge in [-0.15, -0.1) is 11.3 Å². The summed E-state index contributed by atoms with van der Waals surface area (Å²) >= 11 is 1.18. The number of benzene rings is 2. The lowest BCUT2D eigenvalue weighted by Crippen LogP contribution is -2.31. The fourth-order valence-electron chi connectivity index (χ4n) is 5.55. The summed E-state index contributed by atoms with van der Waals surface area (Å²) in [5, 5.41) is 5.26. The predicted molar refractivity (Wildman–Crippen MR) is 132 cm³/mol. The fourth-order valence-corrected chi connectivity index (χ4v) is 7.70. The molecule has 4 nitrogen and oxygen atoms in total. The predicted octanol–water partition coefficient (Wildman–Crippen LogP) is 6.80. The van der Waals surface area contributed by atoms with E-state index in [1.807, 2.05) is 18.2 Å². The van der Waals surface area contributed by atoms with Gasteiger partial charge >= 0.3 is 6.18 Å². The number of halogens is 3. The van der Waals surface area contributed by atoms with E-state index >= 15 is 0 Å². The molecule has 3 aromatic rings. The number of hydrogen-bond acceptors (Lipinski definition) is 4. The Morgan fingerprint density at radius 1 is 0.971 bits per heavy atom. The van der Waals surface area contributed by atoms with Gasteiger partial charge in [-0.05, 0) is 84.2 Å². The molecule has 0 unspecified atom stereocenters. The van der Waals surface area contributed by atoms with E-state index in [9.17, 15) is 21.6 Å². The van der Waals surface area contributed by atoms with Gasteiger partial charge in [0.1, 0.15) is 4.21 Å². The fraction of sp³-hybridized carbons (Fsp3) is 0.385. The van der Waals surface area contributed by atoms with Crippen LogP contribution in [0.5, 0.6) is 0 Å². The molecule has 0 amide bonds. The van der Waals surface area contributed by atoms with Crippen LogP contribution >= 0.6 is 11.3 Å². The Morgan fingerprint density at radius 3 is 2.46 bits per heavy atom. The Balaban J connectivity index is 1.41. The normalized spacial score (nSPS) is 24.7. The first-order valence-electron chi connectivity index (χ1n) is 11.8. The van der Waals surface area contributed by atoms with Crippen LogP contribution < -0.4 is 10.0 Å². The second-order valence-corrected chi connectivity index (χ2v) is 12.3. The average molecular weight is 521 g/mol. The number of rotatable bonds is 5. The molecule has 2 N–H and O–H groups in total. The second-order valence-electron chi connectivity index (χ2n) is 9.41. The maximum Gasteiger partial charge on any atom is 0.416 e. The Bertz CT molecular complexity index is 1260. The Kier molecular flexibility index (Phi) is 6.67. The molecule has 35 heavy (non-hydrogen) atoms. The molecule has 4 atom stereocenters. The second kappa shape index (κ2) is 9.59. The van der Waals surface area contributed by atoms with Crippen molar-refractivity contribution in [1.29, 1.82) is 0 Å². The SMILES string of the molecule is O=S(=O)(NC[C@H]1CC[C@@H]2[C@H](CC1)c1cc(C(F)(F)F)ccc1N[C@H]2c1ccccc1)c1cccs1. The summed E-state index contributed by atoms with van der Waals surface area (Å²) in [6.45, 7) is 0.332. The van der Waals surface area contributed by atoms with Crippen molar-refractivity contribution in [3.05, 3.63) is 82.7 Å².